The number of aryl methyl sites for hydroxylation is 1. The van der Waals surface area contributed by atoms with Gasteiger partial charge in [0, 0.05) is 12.0 Å². The summed E-state index contributed by atoms with van der Waals surface area (Å²) in [6, 6.07) is 5.96. The standard InChI is InChI=1S/C12H14N2O2/c1-7-3-4-10-8(5-7)9-6-12(2,16-10)14-11(15)13-9/h3-5,9H,6H2,1-2H3,(H2,13,14,15). The van der Waals surface area contributed by atoms with Gasteiger partial charge in [-0.3, -0.25) is 0 Å². The Balaban J connectivity index is 2.10. The van der Waals surface area contributed by atoms with Crippen LogP contribution in [0.3, 0.4) is 0 Å². The quantitative estimate of drug-likeness (QED) is 0.698. The molecule has 2 amide bonds. The van der Waals surface area contributed by atoms with E-state index in [2.05, 4.69) is 16.7 Å². The fourth-order valence-corrected chi connectivity index (χ4v) is 2.46. The second-order valence-corrected chi connectivity index (χ2v) is 4.73. The molecule has 1 fully saturated rings. The molecule has 2 aliphatic heterocycles. The first kappa shape index (κ1) is 9.51. The molecule has 1 aromatic rings. The predicted octanol–water partition coefficient (Wildman–Crippen LogP) is 1.85. The highest BCUT2D eigenvalue weighted by atomic mass is 16.5. The van der Waals surface area contributed by atoms with Crippen LogP contribution in [0.2, 0.25) is 0 Å². The number of urea groups is 1. The Bertz CT molecular complexity index is 472. The molecule has 4 nitrogen and oxygen atoms in total. The highest BCUT2D eigenvalue weighted by molar-refractivity contribution is 5.77. The monoisotopic (exact) mass is 218 g/mol. The van der Waals surface area contributed by atoms with Gasteiger partial charge in [-0.15, -0.1) is 0 Å². The molecule has 2 aliphatic rings. The minimum absolute atomic E-state index is 0.0578. The van der Waals surface area contributed by atoms with Crippen LogP contribution in [0.5, 0.6) is 5.75 Å². The lowest BCUT2D eigenvalue weighted by Gasteiger charge is -2.44. The third-order valence-corrected chi connectivity index (χ3v) is 3.15. The van der Waals surface area contributed by atoms with Gasteiger partial charge < -0.3 is 15.4 Å². The van der Waals surface area contributed by atoms with Crippen molar-refractivity contribution in [3.8, 4) is 5.75 Å². The molecule has 0 aliphatic carbocycles. The number of hydrogen-bond acceptors (Lipinski definition) is 2. The van der Waals surface area contributed by atoms with Crippen LogP contribution < -0.4 is 15.4 Å². The molecule has 2 unspecified atom stereocenters. The second kappa shape index (κ2) is 2.90. The summed E-state index contributed by atoms with van der Waals surface area (Å²) >= 11 is 0. The maximum atomic E-state index is 11.5. The van der Waals surface area contributed by atoms with Crippen LogP contribution in [0.15, 0.2) is 18.2 Å². The maximum Gasteiger partial charge on any atom is 0.318 e. The Morgan fingerprint density at radius 2 is 2.31 bits per heavy atom. The number of carbonyl (C=O) groups is 1. The predicted molar refractivity (Wildman–Crippen MR) is 59.2 cm³/mol. The lowest BCUT2D eigenvalue weighted by Crippen LogP contribution is -2.62. The Morgan fingerprint density at radius 1 is 1.50 bits per heavy atom. The van der Waals surface area contributed by atoms with Crippen molar-refractivity contribution in [2.75, 3.05) is 0 Å². The molecular weight excluding hydrogens is 204 g/mol. The van der Waals surface area contributed by atoms with Gasteiger partial charge in [0.25, 0.3) is 0 Å². The molecule has 2 N–H and O–H groups in total. The van der Waals surface area contributed by atoms with E-state index in [1.54, 1.807) is 0 Å². The largest absolute Gasteiger partial charge is 0.468 e. The van der Waals surface area contributed by atoms with E-state index in [0.29, 0.717) is 0 Å². The van der Waals surface area contributed by atoms with Crippen LogP contribution in [0.1, 0.15) is 30.5 Å². The summed E-state index contributed by atoms with van der Waals surface area (Å²) in [5.41, 5.74) is 1.68. The van der Waals surface area contributed by atoms with Gasteiger partial charge in [-0.2, -0.15) is 0 Å². The SMILES string of the molecule is Cc1ccc2c(c1)C1CC(C)(NC(=O)N1)O2. The van der Waals surface area contributed by atoms with Gasteiger partial charge in [0.05, 0.1) is 6.04 Å². The minimum atomic E-state index is -0.574. The van der Waals surface area contributed by atoms with Crippen LogP contribution in [-0.2, 0) is 0 Å². The van der Waals surface area contributed by atoms with E-state index in [1.807, 2.05) is 26.0 Å². The van der Waals surface area contributed by atoms with Crippen molar-refractivity contribution in [2.24, 2.45) is 0 Å². The molecule has 0 aromatic heterocycles. The highest BCUT2D eigenvalue weighted by Gasteiger charge is 2.43. The third kappa shape index (κ3) is 1.33. The first-order chi connectivity index (χ1) is 7.56. The molecule has 2 heterocycles. The van der Waals surface area contributed by atoms with Crippen molar-refractivity contribution in [3.05, 3.63) is 29.3 Å². The lowest BCUT2D eigenvalue weighted by atomic mass is 9.91. The van der Waals surface area contributed by atoms with Crippen molar-refractivity contribution in [3.63, 3.8) is 0 Å². The zero-order chi connectivity index (χ0) is 11.3. The van der Waals surface area contributed by atoms with Crippen LogP contribution in [-0.4, -0.2) is 11.8 Å². The van der Waals surface area contributed by atoms with Crippen molar-refractivity contribution in [1.82, 2.24) is 10.6 Å². The minimum Gasteiger partial charge on any atom is -0.468 e. The van der Waals surface area contributed by atoms with Crippen LogP contribution in [0.25, 0.3) is 0 Å². The summed E-state index contributed by atoms with van der Waals surface area (Å²) < 4.78 is 5.84. The van der Waals surface area contributed by atoms with E-state index in [4.69, 9.17) is 4.74 Å². The van der Waals surface area contributed by atoms with E-state index in [0.717, 1.165) is 17.7 Å². The zero-order valence-electron chi connectivity index (χ0n) is 9.33. The van der Waals surface area contributed by atoms with Crippen molar-refractivity contribution in [2.45, 2.75) is 32.0 Å². The van der Waals surface area contributed by atoms with Gasteiger partial charge >= 0.3 is 6.03 Å². The van der Waals surface area contributed by atoms with Crippen molar-refractivity contribution >= 4 is 6.03 Å². The Kier molecular flexibility index (Phi) is 1.73. The lowest BCUT2D eigenvalue weighted by molar-refractivity contribution is 0.0119. The molecule has 1 aromatic carbocycles. The van der Waals surface area contributed by atoms with E-state index in [9.17, 15) is 4.79 Å². The van der Waals surface area contributed by atoms with E-state index in [1.165, 1.54) is 5.56 Å². The average Bonchev–Trinajstić information content (AvgIpc) is 2.17. The molecule has 4 heteroatoms. The topological polar surface area (TPSA) is 50.4 Å². The Morgan fingerprint density at radius 3 is 3.12 bits per heavy atom. The molecule has 3 rings (SSSR count). The molecule has 0 spiro atoms. The van der Waals surface area contributed by atoms with Crippen molar-refractivity contribution in [1.29, 1.82) is 0 Å². The number of amides is 2. The smallest absolute Gasteiger partial charge is 0.318 e. The maximum absolute atomic E-state index is 11.5. The average molecular weight is 218 g/mol. The summed E-state index contributed by atoms with van der Waals surface area (Å²) in [7, 11) is 0. The van der Waals surface area contributed by atoms with E-state index < -0.39 is 5.72 Å². The number of ether oxygens (including phenoxy) is 1. The fraction of sp³-hybridized carbons (Fsp3) is 0.417. The fourth-order valence-electron chi connectivity index (χ4n) is 2.46. The molecule has 0 saturated carbocycles. The van der Waals surface area contributed by atoms with Gasteiger partial charge in [0.15, 0.2) is 5.72 Å². The number of nitrogens with one attached hydrogen (secondary N) is 2. The van der Waals surface area contributed by atoms with Gasteiger partial charge in [0.1, 0.15) is 5.75 Å². The molecule has 16 heavy (non-hydrogen) atoms. The van der Waals surface area contributed by atoms with Gasteiger partial charge in [-0.05, 0) is 19.9 Å². The first-order valence-corrected chi connectivity index (χ1v) is 5.44. The number of fused-ring (bicyclic) bond motifs is 4. The summed E-state index contributed by atoms with van der Waals surface area (Å²) in [4.78, 5) is 11.5. The number of rotatable bonds is 0. The first-order valence-electron chi connectivity index (χ1n) is 5.44. The molecule has 2 bridgehead atoms. The summed E-state index contributed by atoms with van der Waals surface area (Å²) in [5, 5.41) is 5.73. The van der Waals surface area contributed by atoms with E-state index >= 15 is 0 Å². The summed E-state index contributed by atoms with van der Waals surface area (Å²) in [6.07, 6.45) is 0.759. The summed E-state index contributed by atoms with van der Waals surface area (Å²) in [5.74, 6) is 0.858. The second-order valence-electron chi connectivity index (χ2n) is 4.73. The van der Waals surface area contributed by atoms with Gasteiger partial charge in [-0.1, -0.05) is 17.7 Å². The highest BCUT2D eigenvalue weighted by Crippen LogP contribution is 2.40. The van der Waals surface area contributed by atoms with Crippen LogP contribution in [0, 0.1) is 6.92 Å². The number of benzene rings is 1. The molecule has 0 radical (unpaired) electrons. The molecule has 1 saturated heterocycles. The number of hydrogen-bond donors (Lipinski definition) is 2. The third-order valence-electron chi connectivity index (χ3n) is 3.15. The molecule has 84 valence electrons. The van der Waals surface area contributed by atoms with Gasteiger partial charge in [0.2, 0.25) is 0 Å². The van der Waals surface area contributed by atoms with Crippen LogP contribution >= 0.6 is 0 Å². The summed E-state index contributed by atoms with van der Waals surface area (Å²) in [6.45, 7) is 3.94. The normalized spacial score (nSPS) is 30.9. The zero-order valence-corrected chi connectivity index (χ0v) is 9.33. The molecule has 2 atom stereocenters. The Hall–Kier alpha value is -1.71. The Labute approximate surface area is 94.0 Å². The number of carbonyl (C=O) groups excluding carboxylic acids is 1. The molecular formula is C12H14N2O2. The van der Waals surface area contributed by atoms with E-state index in [-0.39, 0.29) is 12.1 Å². The van der Waals surface area contributed by atoms with Crippen LogP contribution in [0.4, 0.5) is 4.79 Å². The van der Waals surface area contributed by atoms with Crippen molar-refractivity contribution < 1.29 is 9.53 Å². The van der Waals surface area contributed by atoms with Gasteiger partial charge in [-0.25, -0.2) is 4.79 Å².